The van der Waals surface area contributed by atoms with Crippen LogP contribution in [0.2, 0.25) is 5.02 Å². The van der Waals surface area contributed by atoms with Crippen molar-refractivity contribution in [3.63, 3.8) is 0 Å². The van der Waals surface area contributed by atoms with Crippen molar-refractivity contribution >= 4 is 22.4 Å². The highest BCUT2D eigenvalue weighted by Gasteiger charge is 2.18. The third-order valence-corrected chi connectivity index (χ3v) is 5.46. The Morgan fingerprint density at radius 2 is 1.73 bits per heavy atom. The fraction of sp³-hybridized carbons (Fsp3) is 0.318. The van der Waals surface area contributed by atoms with Gasteiger partial charge in [-0.2, -0.15) is 0 Å². The maximum Gasteiger partial charge on any atom is 0.0406 e. The molecule has 1 aromatic heterocycles. The van der Waals surface area contributed by atoms with E-state index < -0.39 is 0 Å². The lowest BCUT2D eigenvalue weighted by molar-refractivity contribution is 0.190. The second kappa shape index (κ2) is 8.17. The predicted molar refractivity (Wildman–Crippen MR) is 108 cm³/mol. The van der Waals surface area contributed by atoms with Gasteiger partial charge in [-0.1, -0.05) is 35.9 Å². The molecule has 1 aliphatic rings. The molecule has 0 saturated carbocycles. The number of likely N-dealkylation sites (tertiary alicyclic amines) is 1. The molecule has 3 aromatic rings. The fourth-order valence-electron chi connectivity index (χ4n) is 3.65. The quantitative estimate of drug-likeness (QED) is 0.713. The van der Waals surface area contributed by atoms with Crippen LogP contribution < -0.4 is 5.32 Å². The van der Waals surface area contributed by atoms with Crippen LogP contribution in [0.15, 0.2) is 60.9 Å². The van der Waals surface area contributed by atoms with Gasteiger partial charge in [-0.15, -0.1) is 0 Å². The lowest BCUT2D eigenvalue weighted by Gasteiger charge is -2.32. The van der Waals surface area contributed by atoms with Gasteiger partial charge in [0.15, 0.2) is 0 Å². The summed E-state index contributed by atoms with van der Waals surface area (Å²) in [7, 11) is 0. The summed E-state index contributed by atoms with van der Waals surface area (Å²) in [6.07, 6.45) is 6.18. The van der Waals surface area contributed by atoms with Gasteiger partial charge in [0.05, 0.1) is 0 Å². The van der Waals surface area contributed by atoms with Gasteiger partial charge in [-0.25, -0.2) is 0 Å². The zero-order valence-corrected chi connectivity index (χ0v) is 15.6. The number of nitrogens with one attached hydrogen (secondary N) is 1. The monoisotopic (exact) mass is 365 g/mol. The number of pyridine rings is 1. The molecule has 1 saturated heterocycles. The van der Waals surface area contributed by atoms with Gasteiger partial charge >= 0.3 is 0 Å². The third kappa shape index (κ3) is 4.42. The molecular formula is C22H24ClN3. The minimum Gasteiger partial charge on any atom is -0.310 e. The number of aromatic nitrogens is 1. The maximum atomic E-state index is 5.97. The fourth-order valence-corrected chi connectivity index (χ4v) is 3.77. The number of piperidine rings is 1. The Morgan fingerprint density at radius 1 is 0.962 bits per heavy atom. The lowest BCUT2D eigenvalue weighted by atomic mass is 10.0. The summed E-state index contributed by atoms with van der Waals surface area (Å²) < 4.78 is 0. The lowest BCUT2D eigenvalue weighted by Crippen LogP contribution is -2.41. The van der Waals surface area contributed by atoms with Crippen molar-refractivity contribution in [3.05, 3.63) is 77.1 Å². The molecule has 134 valence electrons. The summed E-state index contributed by atoms with van der Waals surface area (Å²) in [4.78, 5) is 6.71. The van der Waals surface area contributed by atoms with E-state index in [0.717, 1.165) is 31.2 Å². The first kappa shape index (κ1) is 17.5. The zero-order valence-electron chi connectivity index (χ0n) is 14.9. The molecule has 4 heteroatoms. The second-order valence-electron chi connectivity index (χ2n) is 7.11. The Morgan fingerprint density at radius 3 is 2.54 bits per heavy atom. The molecular weight excluding hydrogens is 342 g/mol. The van der Waals surface area contributed by atoms with E-state index in [1.807, 2.05) is 24.5 Å². The Bertz CT molecular complexity index is 855. The van der Waals surface area contributed by atoms with E-state index in [-0.39, 0.29) is 0 Å². The standard InChI is InChI=1S/C22H24ClN3/c23-21-5-2-17(3-6-21)16-26-11-8-22(9-12-26)25-14-18-1-4-20-15-24-10-7-19(20)13-18/h1-7,10,13,15,22,25H,8-9,11-12,14,16H2. The highest BCUT2D eigenvalue weighted by molar-refractivity contribution is 6.30. The maximum absolute atomic E-state index is 5.97. The van der Waals surface area contributed by atoms with Gasteiger partial charge in [0, 0.05) is 41.9 Å². The molecule has 0 bridgehead atoms. The van der Waals surface area contributed by atoms with Gasteiger partial charge < -0.3 is 5.32 Å². The Hall–Kier alpha value is -1.94. The predicted octanol–water partition coefficient (Wildman–Crippen LogP) is 4.64. The molecule has 1 aliphatic heterocycles. The molecule has 1 fully saturated rings. The molecule has 2 heterocycles. The number of nitrogens with zero attached hydrogens (tertiary/aromatic N) is 2. The molecule has 0 atom stereocenters. The largest absolute Gasteiger partial charge is 0.310 e. The van der Waals surface area contributed by atoms with Crippen LogP contribution in [0.25, 0.3) is 10.8 Å². The van der Waals surface area contributed by atoms with E-state index in [4.69, 9.17) is 11.6 Å². The van der Waals surface area contributed by atoms with Crippen LogP contribution in [0, 0.1) is 0 Å². The van der Waals surface area contributed by atoms with Crippen molar-refractivity contribution in [2.75, 3.05) is 13.1 Å². The average Bonchev–Trinajstić information content (AvgIpc) is 2.69. The summed E-state index contributed by atoms with van der Waals surface area (Å²) in [5.41, 5.74) is 2.68. The van der Waals surface area contributed by atoms with E-state index in [2.05, 4.69) is 51.6 Å². The molecule has 2 aromatic carbocycles. The first-order valence-corrected chi connectivity index (χ1v) is 9.67. The minimum atomic E-state index is 0.601. The van der Waals surface area contributed by atoms with E-state index in [9.17, 15) is 0 Å². The summed E-state index contributed by atoms with van der Waals surface area (Å²) in [5, 5.41) is 7.00. The van der Waals surface area contributed by atoms with Gasteiger partial charge in [0.2, 0.25) is 0 Å². The van der Waals surface area contributed by atoms with Gasteiger partial charge in [-0.3, -0.25) is 9.88 Å². The van der Waals surface area contributed by atoms with Crippen LogP contribution in [-0.4, -0.2) is 29.0 Å². The number of fused-ring (bicyclic) bond motifs is 1. The van der Waals surface area contributed by atoms with Crippen LogP contribution in [0.1, 0.15) is 24.0 Å². The second-order valence-corrected chi connectivity index (χ2v) is 7.55. The number of hydrogen-bond acceptors (Lipinski definition) is 3. The summed E-state index contributed by atoms with van der Waals surface area (Å²) in [6.45, 7) is 4.23. The molecule has 4 rings (SSSR count). The third-order valence-electron chi connectivity index (χ3n) is 5.21. The molecule has 0 unspecified atom stereocenters. The molecule has 0 amide bonds. The first-order valence-electron chi connectivity index (χ1n) is 9.29. The molecule has 0 radical (unpaired) electrons. The number of benzene rings is 2. The molecule has 26 heavy (non-hydrogen) atoms. The Balaban J connectivity index is 1.26. The van der Waals surface area contributed by atoms with Gasteiger partial charge in [-0.05, 0) is 66.7 Å². The van der Waals surface area contributed by atoms with E-state index in [1.165, 1.54) is 34.7 Å². The average molecular weight is 366 g/mol. The topological polar surface area (TPSA) is 28.2 Å². The van der Waals surface area contributed by atoms with Crippen LogP contribution >= 0.6 is 11.6 Å². The Kier molecular flexibility index (Phi) is 5.49. The van der Waals surface area contributed by atoms with E-state index >= 15 is 0 Å². The van der Waals surface area contributed by atoms with Gasteiger partial charge in [0.1, 0.15) is 0 Å². The van der Waals surface area contributed by atoms with Crippen molar-refractivity contribution in [1.29, 1.82) is 0 Å². The molecule has 0 aliphatic carbocycles. The molecule has 3 nitrogen and oxygen atoms in total. The van der Waals surface area contributed by atoms with Gasteiger partial charge in [0.25, 0.3) is 0 Å². The van der Waals surface area contributed by atoms with E-state index in [1.54, 1.807) is 0 Å². The van der Waals surface area contributed by atoms with Crippen molar-refractivity contribution in [3.8, 4) is 0 Å². The molecule has 1 N–H and O–H groups in total. The van der Waals surface area contributed by atoms with Crippen molar-refractivity contribution in [1.82, 2.24) is 15.2 Å². The summed E-state index contributed by atoms with van der Waals surface area (Å²) in [6, 6.07) is 17.5. The molecule has 0 spiro atoms. The van der Waals surface area contributed by atoms with Crippen molar-refractivity contribution < 1.29 is 0 Å². The van der Waals surface area contributed by atoms with Crippen LogP contribution in [0.5, 0.6) is 0 Å². The van der Waals surface area contributed by atoms with Crippen LogP contribution in [-0.2, 0) is 13.1 Å². The number of hydrogen-bond donors (Lipinski definition) is 1. The summed E-state index contributed by atoms with van der Waals surface area (Å²) in [5.74, 6) is 0. The van der Waals surface area contributed by atoms with E-state index in [0.29, 0.717) is 6.04 Å². The number of rotatable bonds is 5. The normalized spacial score (nSPS) is 16.2. The minimum absolute atomic E-state index is 0.601. The first-order chi connectivity index (χ1) is 12.8. The highest BCUT2D eigenvalue weighted by atomic mass is 35.5. The van der Waals surface area contributed by atoms with Crippen LogP contribution in [0.4, 0.5) is 0 Å². The smallest absolute Gasteiger partial charge is 0.0406 e. The summed E-state index contributed by atoms with van der Waals surface area (Å²) >= 11 is 5.97. The SMILES string of the molecule is Clc1ccc(CN2CCC(NCc3ccc4cnccc4c3)CC2)cc1. The number of halogens is 1. The zero-order chi connectivity index (χ0) is 17.8. The van der Waals surface area contributed by atoms with Crippen LogP contribution in [0.3, 0.4) is 0 Å². The highest BCUT2D eigenvalue weighted by Crippen LogP contribution is 2.18. The van der Waals surface area contributed by atoms with Crippen molar-refractivity contribution in [2.45, 2.75) is 32.0 Å². The van der Waals surface area contributed by atoms with Crippen molar-refractivity contribution in [2.24, 2.45) is 0 Å². The Labute approximate surface area is 160 Å².